The summed E-state index contributed by atoms with van der Waals surface area (Å²) < 4.78 is 19.2. The highest BCUT2D eigenvalue weighted by molar-refractivity contribution is 6.29. The standard InChI is InChI=1S/C15H10ClFN2O/c16-13-7-11(18-15(19-13)8-4-5-8)12-6-9-2-1-3-10(17)14(9)20-12/h1-3,6-8H,4-5H2. The van der Waals surface area contributed by atoms with Crippen molar-refractivity contribution in [2.75, 3.05) is 0 Å². The molecule has 1 aliphatic carbocycles. The van der Waals surface area contributed by atoms with Gasteiger partial charge in [0.25, 0.3) is 0 Å². The minimum absolute atomic E-state index is 0.241. The van der Waals surface area contributed by atoms with Crippen LogP contribution in [0.25, 0.3) is 22.4 Å². The second-order valence-corrected chi connectivity index (χ2v) is 5.36. The Morgan fingerprint density at radius 2 is 2.05 bits per heavy atom. The van der Waals surface area contributed by atoms with Crippen molar-refractivity contribution < 1.29 is 8.81 Å². The second kappa shape index (κ2) is 4.28. The maximum atomic E-state index is 13.7. The van der Waals surface area contributed by atoms with E-state index in [-0.39, 0.29) is 11.4 Å². The molecular formula is C15H10ClFN2O. The fourth-order valence-electron chi connectivity index (χ4n) is 2.24. The first-order valence-electron chi connectivity index (χ1n) is 6.43. The van der Waals surface area contributed by atoms with Gasteiger partial charge in [-0.15, -0.1) is 0 Å². The molecular weight excluding hydrogens is 279 g/mol. The number of para-hydroxylation sites is 1. The number of halogens is 2. The molecule has 20 heavy (non-hydrogen) atoms. The molecule has 3 nitrogen and oxygen atoms in total. The number of aromatic nitrogens is 2. The molecule has 1 aromatic carbocycles. The highest BCUT2D eigenvalue weighted by atomic mass is 35.5. The third-order valence-electron chi connectivity index (χ3n) is 3.40. The summed E-state index contributed by atoms with van der Waals surface area (Å²) in [5.74, 6) is 1.27. The normalized spacial score (nSPS) is 14.9. The average Bonchev–Trinajstić information content (AvgIpc) is 3.18. The molecule has 0 radical (unpaired) electrons. The van der Waals surface area contributed by atoms with E-state index in [4.69, 9.17) is 16.0 Å². The zero-order chi connectivity index (χ0) is 13.7. The van der Waals surface area contributed by atoms with Crippen LogP contribution >= 0.6 is 11.6 Å². The quantitative estimate of drug-likeness (QED) is 0.649. The molecule has 0 atom stereocenters. The number of hydrogen-bond donors (Lipinski definition) is 0. The fourth-order valence-corrected chi connectivity index (χ4v) is 2.43. The number of furan rings is 1. The van der Waals surface area contributed by atoms with Crippen LogP contribution in [-0.4, -0.2) is 9.97 Å². The number of nitrogens with zero attached hydrogens (tertiary/aromatic N) is 2. The van der Waals surface area contributed by atoms with Crippen molar-refractivity contribution in [1.82, 2.24) is 9.97 Å². The Morgan fingerprint density at radius 1 is 1.20 bits per heavy atom. The topological polar surface area (TPSA) is 38.9 Å². The molecule has 3 aromatic rings. The largest absolute Gasteiger partial charge is 0.451 e. The molecule has 100 valence electrons. The van der Waals surface area contributed by atoms with Crippen molar-refractivity contribution >= 4 is 22.6 Å². The number of benzene rings is 1. The maximum absolute atomic E-state index is 13.7. The van der Waals surface area contributed by atoms with Crippen LogP contribution < -0.4 is 0 Å². The van der Waals surface area contributed by atoms with Gasteiger partial charge in [0.1, 0.15) is 16.7 Å². The van der Waals surface area contributed by atoms with Gasteiger partial charge in [0.2, 0.25) is 0 Å². The van der Waals surface area contributed by atoms with Gasteiger partial charge in [-0.1, -0.05) is 23.7 Å². The van der Waals surface area contributed by atoms with Crippen molar-refractivity contribution in [3.8, 4) is 11.5 Å². The molecule has 0 unspecified atom stereocenters. The van der Waals surface area contributed by atoms with E-state index in [0.717, 1.165) is 18.7 Å². The number of rotatable bonds is 2. The first kappa shape index (κ1) is 11.9. The monoisotopic (exact) mass is 288 g/mol. The molecule has 0 saturated heterocycles. The molecule has 0 spiro atoms. The van der Waals surface area contributed by atoms with Crippen molar-refractivity contribution in [2.45, 2.75) is 18.8 Å². The predicted molar refractivity (Wildman–Crippen MR) is 74.2 cm³/mol. The number of fused-ring (bicyclic) bond motifs is 1. The van der Waals surface area contributed by atoms with Crippen molar-refractivity contribution in [3.05, 3.63) is 47.1 Å². The van der Waals surface area contributed by atoms with Crippen LogP contribution in [0.2, 0.25) is 5.15 Å². The van der Waals surface area contributed by atoms with Crippen LogP contribution in [0.5, 0.6) is 0 Å². The van der Waals surface area contributed by atoms with Crippen molar-refractivity contribution in [3.63, 3.8) is 0 Å². The highest BCUT2D eigenvalue weighted by Gasteiger charge is 2.27. The SMILES string of the molecule is Fc1cccc2cc(-c3cc(Cl)nc(C4CC4)n3)oc12. The summed E-state index contributed by atoms with van der Waals surface area (Å²) in [7, 11) is 0. The fraction of sp³-hybridized carbons (Fsp3) is 0.200. The van der Waals surface area contributed by atoms with Gasteiger partial charge in [-0.3, -0.25) is 0 Å². The molecule has 4 rings (SSSR count). The summed E-state index contributed by atoms with van der Waals surface area (Å²) in [5.41, 5.74) is 0.840. The molecule has 1 aliphatic rings. The molecule has 0 aliphatic heterocycles. The summed E-state index contributed by atoms with van der Waals surface area (Å²) in [6, 6.07) is 8.24. The Labute approximate surface area is 119 Å². The zero-order valence-corrected chi connectivity index (χ0v) is 11.2. The van der Waals surface area contributed by atoms with E-state index in [1.54, 1.807) is 24.3 Å². The molecule has 1 fully saturated rings. The minimum Gasteiger partial charge on any atom is -0.451 e. The van der Waals surface area contributed by atoms with Gasteiger partial charge < -0.3 is 4.42 Å². The lowest BCUT2D eigenvalue weighted by atomic mass is 10.2. The Hall–Kier alpha value is -1.94. The zero-order valence-electron chi connectivity index (χ0n) is 10.4. The summed E-state index contributed by atoms with van der Waals surface area (Å²) in [5, 5.41) is 1.10. The van der Waals surface area contributed by atoms with Gasteiger partial charge in [0.15, 0.2) is 17.2 Å². The van der Waals surface area contributed by atoms with Crippen LogP contribution in [0.4, 0.5) is 4.39 Å². The van der Waals surface area contributed by atoms with E-state index in [1.165, 1.54) is 6.07 Å². The molecule has 0 N–H and O–H groups in total. The Bertz CT molecular complexity index is 811. The lowest BCUT2D eigenvalue weighted by Crippen LogP contribution is -1.94. The van der Waals surface area contributed by atoms with Gasteiger partial charge in [-0.05, 0) is 25.0 Å². The number of hydrogen-bond acceptors (Lipinski definition) is 3. The first-order chi connectivity index (χ1) is 9.70. The summed E-state index contributed by atoms with van der Waals surface area (Å²) in [6.07, 6.45) is 2.18. The molecule has 0 bridgehead atoms. The Balaban J connectivity index is 1.87. The van der Waals surface area contributed by atoms with Crippen LogP contribution in [-0.2, 0) is 0 Å². The molecule has 0 amide bonds. The van der Waals surface area contributed by atoms with E-state index in [2.05, 4.69) is 9.97 Å². The third-order valence-corrected chi connectivity index (χ3v) is 3.60. The van der Waals surface area contributed by atoms with Gasteiger partial charge in [-0.2, -0.15) is 0 Å². The van der Waals surface area contributed by atoms with E-state index in [0.29, 0.717) is 27.9 Å². The van der Waals surface area contributed by atoms with Crippen molar-refractivity contribution in [1.29, 1.82) is 0 Å². The lowest BCUT2D eigenvalue weighted by molar-refractivity contribution is 0.567. The lowest BCUT2D eigenvalue weighted by Gasteiger charge is -2.01. The predicted octanol–water partition coefficient (Wildman–Crippen LogP) is 4.56. The average molecular weight is 289 g/mol. The van der Waals surface area contributed by atoms with Gasteiger partial charge in [0, 0.05) is 17.4 Å². The van der Waals surface area contributed by atoms with E-state index < -0.39 is 0 Å². The van der Waals surface area contributed by atoms with Crippen molar-refractivity contribution in [2.24, 2.45) is 0 Å². The van der Waals surface area contributed by atoms with Gasteiger partial charge in [0.05, 0.1) is 0 Å². The highest BCUT2D eigenvalue weighted by Crippen LogP contribution is 2.39. The molecule has 2 aromatic heterocycles. The first-order valence-corrected chi connectivity index (χ1v) is 6.81. The van der Waals surface area contributed by atoms with E-state index >= 15 is 0 Å². The molecule has 5 heteroatoms. The van der Waals surface area contributed by atoms with Gasteiger partial charge >= 0.3 is 0 Å². The van der Waals surface area contributed by atoms with Crippen LogP contribution in [0.15, 0.2) is 34.7 Å². The van der Waals surface area contributed by atoms with E-state index in [1.807, 2.05) is 0 Å². The summed E-state index contributed by atoms with van der Waals surface area (Å²) >= 11 is 6.03. The second-order valence-electron chi connectivity index (χ2n) is 4.98. The third kappa shape index (κ3) is 1.96. The summed E-state index contributed by atoms with van der Waals surface area (Å²) in [4.78, 5) is 8.71. The summed E-state index contributed by atoms with van der Waals surface area (Å²) in [6.45, 7) is 0. The van der Waals surface area contributed by atoms with E-state index in [9.17, 15) is 4.39 Å². The smallest absolute Gasteiger partial charge is 0.170 e. The molecule has 2 heterocycles. The molecule has 1 saturated carbocycles. The Kier molecular flexibility index (Phi) is 2.54. The van der Waals surface area contributed by atoms with Crippen LogP contribution in [0, 0.1) is 5.82 Å². The minimum atomic E-state index is -0.378. The Morgan fingerprint density at radius 3 is 2.80 bits per heavy atom. The van der Waals surface area contributed by atoms with Crippen LogP contribution in [0.3, 0.4) is 0 Å². The van der Waals surface area contributed by atoms with Gasteiger partial charge in [-0.25, -0.2) is 14.4 Å². The van der Waals surface area contributed by atoms with Crippen LogP contribution in [0.1, 0.15) is 24.6 Å². The maximum Gasteiger partial charge on any atom is 0.170 e.